The summed E-state index contributed by atoms with van der Waals surface area (Å²) in [5, 5.41) is 0. The molecule has 0 aliphatic rings. The zero-order valence-corrected chi connectivity index (χ0v) is 13.3. The van der Waals surface area contributed by atoms with Gasteiger partial charge in [0.15, 0.2) is 0 Å². The number of nitrogens with two attached hydrogens (primary N) is 1. The Labute approximate surface area is 125 Å². The molecule has 0 aromatic rings. The van der Waals surface area contributed by atoms with E-state index in [0.29, 0.717) is 6.42 Å². The van der Waals surface area contributed by atoms with Gasteiger partial charge in [-0.05, 0) is 32.1 Å². The van der Waals surface area contributed by atoms with Crippen LogP contribution in [0.1, 0.15) is 84.0 Å². The molecule has 116 valence electrons. The van der Waals surface area contributed by atoms with Crippen LogP contribution < -0.4 is 5.73 Å². The van der Waals surface area contributed by atoms with E-state index >= 15 is 0 Å². The first-order valence-corrected chi connectivity index (χ1v) is 8.37. The number of allylic oxidation sites excluding steroid dienone is 4. The molecule has 0 atom stereocenters. The minimum absolute atomic E-state index is 0.172. The fourth-order valence-electron chi connectivity index (χ4n) is 2.13. The van der Waals surface area contributed by atoms with Gasteiger partial charge in [0.2, 0.25) is 5.91 Å². The van der Waals surface area contributed by atoms with Gasteiger partial charge in [0.1, 0.15) is 0 Å². The molecule has 1 amide bonds. The summed E-state index contributed by atoms with van der Waals surface area (Å²) in [6.07, 6.45) is 23.0. The van der Waals surface area contributed by atoms with Crippen LogP contribution in [0.15, 0.2) is 24.3 Å². The third-order valence-corrected chi connectivity index (χ3v) is 3.40. The number of rotatable bonds is 14. The SMILES string of the molecule is CCCCCCC=CC=CCCCCCCCC(N)=O. The topological polar surface area (TPSA) is 43.1 Å². The Hall–Kier alpha value is -1.05. The second-order valence-electron chi connectivity index (χ2n) is 5.48. The molecule has 0 unspecified atom stereocenters. The van der Waals surface area contributed by atoms with Crippen molar-refractivity contribution in [3.8, 4) is 0 Å². The number of primary amides is 1. The van der Waals surface area contributed by atoms with Crippen molar-refractivity contribution in [2.45, 2.75) is 84.0 Å². The van der Waals surface area contributed by atoms with Crippen LogP contribution in [-0.4, -0.2) is 5.91 Å². The van der Waals surface area contributed by atoms with Gasteiger partial charge >= 0.3 is 0 Å². The quantitative estimate of drug-likeness (QED) is 0.341. The molecule has 0 aliphatic heterocycles. The molecule has 0 rings (SSSR count). The maximum atomic E-state index is 10.5. The fourth-order valence-corrected chi connectivity index (χ4v) is 2.13. The van der Waals surface area contributed by atoms with Crippen LogP contribution >= 0.6 is 0 Å². The van der Waals surface area contributed by atoms with Crippen molar-refractivity contribution in [1.29, 1.82) is 0 Å². The van der Waals surface area contributed by atoms with Gasteiger partial charge < -0.3 is 5.73 Å². The second kappa shape index (κ2) is 16.0. The molecule has 20 heavy (non-hydrogen) atoms. The zero-order valence-electron chi connectivity index (χ0n) is 13.3. The Kier molecular flexibility index (Phi) is 15.2. The van der Waals surface area contributed by atoms with E-state index in [9.17, 15) is 4.79 Å². The highest BCUT2D eigenvalue weighted by Gasteiger charge is 1.94. The van der Waals surface area contributed by atoms with Gasteiger partial charge in [-0.1, -0.05) is 69.8 Å². The molecule has 2 nitrogen and oxygen atoms in total. The third kappa shape index (κ3) is 16.9. The average Bonchev–Trinajstić information content (AvgIpc) is 2.43. The predicted molar refractivity (Wildman–Crippen MR) is 88.6 cm³/mol. The summed E-state index contributed by atoms with van der Waals surface area (Å²) < 4.78 is 0. The number of carbonyl (C=O) groups excluding carboxylic acids is 1. The second-order valence-corrected chi connectivity index (χ2v) is 5.48. The lowest BCUT2D eigenvalue weighted by molar-refractivity contribution is -0.118. The van der Waals surface area contributed by atoms with Crippen LogP contribution in [0.4, 0.5) is 0 Å². The molecule has 0 radical (unpaired) electrons. The first-order valence-electron chi connectivity index (χ1n) is 8.37. The molecule has 2 heteroatoms. The molecule has 0 fully saturated rings. The van der Waals surface area contributed by atoms with Gasteiger partial charge in [0.25, 0.3) is 0 Å². The lowest BCUT2D eigenvalue weighted by atomic mass is 10.1. The Balaban J connectivity index is 3.19. The number of unbranched alkanes of at least 4 members (excludes halogenated alkanes) is 9. The maximum Gasteiger partial charge on any atom is 0.217 e. The van der Waals surface area contributed by atoms with Crippen molar-refractivity contribution in [3.63, 3.8) is 0 Å². The Morgan fingerprint density at radius 3 is 1.85 bits per heavy atom. The Morgan fingerprint density at radius 2 is 1.30 bits per heavy atom. The standard InChI is InChI=1S/C18H33NO/c1-2-3-4-5-6-7-8-9-10-11-12-13-14-15-16-17-18(19)20/h7-10H,2-6,11-17H2,1H3,(H2,19,20). The van der Waals surface area contributed by atoms with Gasteiger partial charge in [-0.25, -0.2) is 0 Å². The van der Waals surface area contributed by atoms with Gasteiger partial charge in [-0.3, -0.25) is 4.79 Å². The molecule has 0 saturated heterocycles. The maximum absolute atomic E-state index is 10.5. The van der Waals surface area contributed by atoms with Crippen molar-refractivity contribution in [1.82, 2.24) is 0 Å². The minimum Gasteiger partial charge on any atom is -0.370 e. The summed E-state index contributed by atoms with van der Waals surface area (Å²) in [6.45, 7) is 2.25. The van der Waals surface area contributed by atoms with Crippen molar-refractivity contribution >= 4 is 5.91 Å². The van der Waals surface area contributed by atoms with Crippen molar-refractivity contribution in [3.05, 3.63) is 24.3 Å². The fraction of sp³-hybridized carbons (Fsp3) is 0.722. The van der Waals surface area contributed by atoms with E-state index in [2.05, 4.69) is 31.2 Å². The van der Waals surface area contributed by atoms with Gasteiger partial charge in [0.05, 0.1) is 0 Å². The van der Waals surface area contributed by atoms with Crippen molar-refractivity contribution < 1.29 is 4.79 Å². The summed E-state index contributed by atoms with van der Waals surface area (Å²) in [5.41, 5.74) is 5.09. The smallest absolute Gasteiger partial charge is 0.217 e. The van der Waals surface area contributed by atoms with Gasteiger partial charge in [0, 0.05) is 6.42 Å². The minimum atomic E-state index is -0.172. The molecular weight excluding hydrogens is 246 g/mol. The van der Waals surface area contributed by atoms with Crippen LogP contribution in [0.5, 0.6) is 0 Å². The average molecular weight is 279 g/mol. The number of amides is 1. The highest BCUT2D eigenvalue weighted by atomic mass is 16.1. The number of hydrogen-bond acceptors (Lipinski definition) is 1. The summed E-state index contributed by atoms with van der Waals surface area (Å²) in [4.78, 5) is 10.5. The molecule has 0 bridgehead atoms. The highest BCUT2D eigenvalue weighted by molar-refractivity contribution is 5.73. The van der Waals surface area contributed by atoms with Crippen LogP contribution in [0, 0.1) is 0 Å². The lowest BCUT2D eigenvalue weighted by Gasteiger charge is -1.98. The van der Waals surface area contributed by atoms with Crippen molar-refractivity contribution in [2.24, 2.45) is 5.73 Å². The van der Waals surface area contributed by atoms with E-state index in [0.717, 1.165) is 19.3 Å². The molecule has 2 N–H and O–H groups in total. The highest BCUT2D eigenvalue weighted by Crippen LogP contribution is 2.07. The van der Waals surface area contributed by atoms with Gasteiger partial charge in [-0.2, -0.15) is 0 Å². The predicted octanol–water partition coefficient (Wildman–Crippen LogP) is 5.29. The third-order valence-electron chi connectivity index (χ3n) is 3.40. The molecule has 0 aliphatic carbocycles. The monoisotopic (exact) mass is 279 g/mol. The van der Waals surface area contributed by atoms with Crippen LogP contribution in [0.3, 0.4) is 0 Å². The van der Waals surface area contributed by atoms with Crippen LogP contribution in [0.2, 0.25) is 0 Å². The van der Waals surface area contributed by atoms with E-state index in [1.54, 1.807) is 0 Å². The summed E-state index contributed by atoms with van der Waals surface area (Å²) in [6, 6.07) is 0. The van der Waals surface area contributed by atoms with Crippen molar-refractivity contribution in [2.75, 3.05) is 0 Å². The first-order chi connectivity index (χ1) is 9.77. The number of carbonyl (C=O) groups is 1. The zero-order chi connectivity index (χ0) is 14.9. The van der Waals surface area contributed by atoms with E-state index in [1.165, 1.54) is 51.4 Å². The van der Waals surface area contributed by atoms with E-state index in [4.69, 9.17) is 5.73 Å². The largest absolute Gasteiger partial charge is 0.370 e. The van der Waals surface area contributed by atoms with Crippen LogP contribution in [0.25, 0.3) is 0 Å². The summed E-state index contributed by atoms with van der Waals surface area (Å²) in [7, 11) is 0. The lowest BCUT2D eigenvalue weighted by Crippen LogP contribution is -2.09. The van der Waals surface area contributed by atoms with E-state index in [1.807, 2.05) is 0 Å². The van der Waals surface area contributed by atoms with Crippen LogP contribution in [-0.2, 0) is 4.79 Å². The number of hydrogen-bond donors (Lipinski definition) is 1. The Morgan fingerprint density at radius 1 is 0.800 bits per heavy atom. The normalized spacial score (nSPS) is 11.7. The molecular formula is C18H33NO. The Bertz CT molecular complexity index is 269. The molecule has 0 heterocycles. The van der Waals surface area contributed by atoms with E-state index in [-0.39, 0.29) is 5.91 Å². The molecule has 0 spiro atoms. The molecule has 0 saturated carbocycles. The summed E-state index contributed by atoms with van der Waals surface area (Å²) >= 11 is 0. The summed E-state index contributed by atoms with van der Waals surface area (Å²) in [5.74, 6) is -0.172. The van der Waals surface area contributed by atoms with Gasteiger partial charge in [-0.15, -0.1) is 0 Å². The van der Waals surface area contributed by atoms with E-state index < -0.39 is 0 Å². The molecule has 0 aromatic heterocycles. The molecule has 0 aromatic carbocycles. The first kappa shape index (κ1) is 18.9.